The molecule has 178 valence electrons. The van der Waals surface area contributed by atoms with E-state index in [0.717, 1.165) is 28.6 Å². The van der Waals surface area contributed by atoms with Crippen molar-refractivity contribution < 1.29 is 17.9 Å². The lowest BCUT2D eigenvalue weighted by Gasteiger charge is -2.14. The van der Waals surface area contributed by atoms with Crippen molar-refractivity contribution >= 4 is 56.9 Å². The van der Waals surface area contributed by atoms with Crippen molar-refractivity contribution in [1.82, 2.24) is 14.5 Å². The van der Waals surface area contributed by atoms with Gasteiger partial charge in [0.1, 0.15) is 16.8 Å². The number of fused-ring (bicyclic) bond motifs is 3. The lowest BCUT2D eigenvalue weighted by Crippen LogP contribution is -2.22. The molecule has 35 heavy (non-hydrogen) atoms. The van der Waals surface area contributed by atoms with Gasteiger partial charge >= 0.3 is 6.36 Å². The first-order valence-electron chi connectivity index (χ1n) is 10.2. The number of H-pyrrole nitrogens is 1. The molecule has 0 atom stereocenters. The Labute approximate surface area is 210 Å². The van der Waals surface area contributed by atoms with Gasteiger partial charge in [-0.15, -0.1) is 13.2 Å². The van der Waals surface area contributed by atoms with Crippen LogP contribution in [0.1, 0.15) is 5.56 Å². The number of rotatable bonds is 5. The highest BCUT2D eigenvalue weighted by atomic mass is 35.5. The van der Waals surface area contributed by atoms with Crippen LogP contribution in [0.15, 0.2) is 76.7 Å². The van der Waals surface area contributed by atoms with Crippen LogP contribution in [0.25, 0.3) is 27.6 Å². The molecule has 5 aromatic rings. The summed E-state index contributed by atoms with van der Waals surface area (Å²) in [6, 6.07) is 17.7. The van der Waals surface area contributed by atoms with Crippen LogP contribution in [0, 0.1) is 0 Å². The SMILES string of the molecule is O=c1c2[nH]c3ccccc3c2nc(SCc2ccc(Cl)c(Cl)c2)n1-c1ccc(OC(F)(F)F)cc1. The van der Waals surface area contributed by atoms with E-state index in [4.69, 9.17) is 28.2 Å². The number of nitrogens with zero attached hydrogens (tertiary/aromatic N) is 2. The first kappa shape index (κ1) is 23.6. The lowest BCUT2D eigenvalue weighted by atomic mass is 10.2. The van der Waals surface area contributed by atoms with E-state index >= 15 is 0 Å². The molecule has 0 aliphatic heterocycles. The Balaban J connectivity index is 1.62. The number of ether oxygens (including phenoxy) is 1. The second-order valence-corrected chi connectivity index (χ2v) is 9.26. The molecule has 0 fully saturated rings. The Morgan fingerprint density at radius 1 is 1.00 bits per heavy atom. The minimum absolute atomic E-state index is 0.292. The van der Waals surface area contributed by atoms with Crippen LogP contribution in [-0.2, 0) is 5.75 Å². The molecule has 0 unspecified atom stereocenters. The van der Waals surface area contributed by atoms with Crippen LogP contribution >= 0.6 is 35.0 Å². The topological polar surface area (TPSA) is 59.9 Å². The first-order valence-corrected chi connectivity index (χ1v) is 11.9. The maximum Gasteiger partial charge on any atom is 0.573 e. The highest BCUT2D eigenvalue weighted by Gasteiger charge is 2.31. The number of para-hydroxylation sites is 1. The van der Waals surface area contributed by atoms with Gasteiger partial charge in [0.15, 0.2) is 5.16 Å². The van der Waals surface area contributed by atoms with Crippen molar-refractivity contribution in [3.05, 3.63) is 92.7 Å². The van der Waals surface area contributed by atoms with Crippen molar-refractivity contribution in [2.24, 2.45) is 0 Å². The van der Waals surface area contributed by atoms with E-state index in [2.05, 4.69) is 9.72 Å². The molecule has 0 radical (unpaired) electrons. The van der Waals surface area contributed by atoms with Gasteiger partial charge in [0.2, 0.25) is 0 Å². The van der Waals surface area contributed by atoms with Crippen LogP contribution in [0.2, 0.25) is 10.0 Å². The zero-order valence-corrected chi connectivity index (χ0v) is 19.9. The first-order chi connectivity index (χ1) is 16.7. The van der Waals surface area contributed by atoms with Gasteiger partial charge in [0.05, 0.1) is 15.7 Å². The maximum absolute atomic E-state index is 13.6. The van der Waals surface area contributed by atoms with Gasteiger partial charge in [-0.2, -0.15) is 0 Å². The highest BCUT2D eigenvalue weighted by Crippen LogP contribution is 2.31. The quantitative estimate of drug-likeness (QED) is 0.188. The van der Waals surface area contributed by atoms with Gasteiger partial charge < -0.3 is 9.72 Å². The number of hydrogen-bond donors (Lipinski definition) is 1. The number of aromatic amines is 1. The Morgan fingerprint density at radius 2 is 1.74 bits per heavy atom. The highest BCUT2D eigenvalue weighted by molar-refractivity contribution is 7.98. The number of benzene rings is 3. The van der Waals surface area contributed by atoms with Crippen LogP contribution in [0.4, 0.5) is 13.2 Å². The summed E-state index contributed by atoms with van der Waals surface area (Å²) in [7, 11) is 0. The summed E-state index contributed by atoms with van der Waals surface area (Å²) in [4.78, 5) is 21.4. The molecule has 5 rings (SSSR count). The fourth-order valence-electron chi connectivity index (χ4n) is 3.64. The van der Waals surface area contributed by atoms with Crippen molar-refractivity contribution in [2.45, 2.75) is 17.3 Å². The molecule has 0 spiro atoms. The van der Waals surface area contributed by atoms with Crippen LogP contribution in [0.5, 0.6) is 5.75 Å². The number of thioether (sulfide) groups is 1. The number of halogens is 5. The van der Waals surface area contributed by atoms with Gasteiger partial charge in [-0.25, -0.2) is 4.98 Å². The second kappa shape index (κ2) is 9.14. The second-order valence-electron chi connectivity index (χ2n) is 7.51. The molecular weight excluding hydrogens is 522 g/mol. The Kier molecular flexibility index (Phi) is 6.16. The number of alkyl halides is 3. The molecular formula is C24H14Cl2F3N3O2S. The predicted molar refractivity (Wildman–Crippen MR) is 132 cm³/mol. The zero-order chi connectivity index (χ0) is 24.7. The minimum atomic E-state index is -4.82. The monoisotopic (exact) mass is 535 g/mol. The molecule has 3 aromatic carbocycles. The summed E-state index contributed by atoms with van der Waals surface area (Å²) in [6.07, 6.45) is -4.82. The fourth-order valence-corrected chi connectivity index (χ4v) is 4.91. The zero-order valence-electron chi connectivity index (χ0n) is 17.6. The Hall–Kier alpha value is -3.14. The standard InChI is InChI=1S/C24H14Cl2F3N3O2S/c25-17-10-5-13(11-18(17)26)12-35-23-31-20-16-3-1-2-4-19(16)30-21(20)22(33)32(23)14-6-8-15(9-7-14)34-24(27,28)29/h1-11,30H,12H2. The third-order valence-electron chi connectivity index (χ3n) is 5.17. The average Bonchev–Trinajstić information content (AvgIpc) is 3.19. The van der Waals surface area contributed by atoms with Crippen molar-refractivity contribution in [2.75, 3.05) is 0 Å². The van der Waals surface area contributed by atoms with Gasteiger partial charge in [-0.05, 0) is 48.0 Å². The van der Waals surface area contributed by atoms with E-state index in [1.807, 2.05) is 30.3 Å². The van der Waals surface area contributed by atoms with Crippen molar-refractivity contribution in [3.63, 3.8) is 0 Å². The molecule has 2 heterocycles. The van der Waals surface area contributed by atoms with Crippen molar-refractivity contribution in [1.29, 1.82) is 0 Å². The number of hydrogen-bond acceptors (Lipinski definition) is 4. The largest absolute Gasteiger partial charge is 0.573 e. The predicted octanol–water partition coefficient (Wildman–Crippen LogP) is 7.36. The molecule has 0 saturated heterocycles. The van der Waals surface area contributed by atoms with Gasteiger partial charge in [-0.1, -0.05) is 59.2 Å². The molecule has 2 aromatic heterocycles. The van der Waals surface area contributed by atoms with E-state index < -0.39 is 6.36 Å². The average molecular weight is 536 g/mol. The van der Waals surface area contributed by atoms with E-state index in [-0.39, 0.29) is 11.3 Å². The van der Waals surface area contributed by atoms with Crippen LogP contribution in [0.3, 0.4) is 0 Å². The van der Waals surface area contributed by atoms with Gasteiger partial charge in [-0.3, -0.25) is 9.36 Å². The van der Waals surface area contributed by atoms with E-state index in [1.54, 1.807) is 12.1 Å². The molecule has 11 heteroatoms. The van der Waals surface area contributed by atoms with Crippen molar-refractivity contribution in [3.8, 4) is 11.4 Å². The van der Waals surface area contributed by atoms with E-state index in [1.165, 1.54) is 28.5 Å². The molecule has 0 saturated carbocycles. The lowest BCUT2D eigenvalue weighted by molar-refractivity contribution is -0.274. The molecule has 5 nitrogen and oxygen atoms in total. The van der Waals surface area contributed by atoms with E-state index in [9.17, 15) is 18.0 Å². The Bertz CT molecular complexity index is 1620. The minimum Gasteiger partial charge on any atom is -0.406 e. The Morgan fingerprint density at radius 3 is 2.46 bits per heavy atom. The van der Waals surface area contributed by atoms with Crippen LogP contribution < -0.4 is 10.3 Å². The summed E-state index contributed by atoms with van der Waals surface area (Å²) in [5.41, 5.74) is 2.37. The normalized spacial score (nSPS) is 11.9. The molecule has 0 aliphatic carbocycles. The van der Waals surface area contributed by atoms with E-state index in [0.29, 0.717) is 37.7 Å². The molecule has 0 aliphatic rings. The summed E-state index contributed by atoms with van der Waals surface area (Å²) in [6.45, 7) is 0. The van der Waals surface area contributed by atoms with Gasteiger partial charge in [0.25, 0.3) is 5.56 Å². The number of aromatic nitrogens is 3. The maximum atomic E-state index is 13.6. The number of nitrogens with one attached hydrogen (secondary N) is 1. The van der Waals surface area contributed by atoms with Gasteiger partial charge in [0, 0.05) is 16.7 Å². The smallest absolute Gasteiger partial charge is 0.406 e. The third-order valence-corrected chi connectivity index (χ3v) is 6.92. The molecule has 0 amide bonds. The fraction of sp³-hybridized carbons (Fsp3) is 0.0833. The van der Waals surface area contributed by atoms with Crippen LogP contribution in [-0.4, -0.2) is 20.9 Å². The molecule has 0 bridgehead atoms. The summed E-state index contributed by atoms with van der Waals surface area (Å²) >= 11 is 13.4. The summed E-state index contributed by atoms with van der Waals surface area (Å²) in [5.74, 6) is 0.0332. The molecule has 1 N–H and O–H groups in total. The summed E-state index contributed by atoms with van der Waals surface area (Å²) < 4.78 is 43.0. The summed E-state index contributed by atoms with van der Waals surface area (Å²) in [5, 5.41) is 1.99. The third kappa shape index (κ3) is 4.84.